The average Bonchev–Trinajstić information content (AvgIpc) is 2.84. The van der Waals surface area contributed by atoms with E-state index in [0.717, 1.165) is 56.3 Å². The summed E-state index contributed by atoms with van der Waals surface area (Å²) in [5.74, 6) is 2.19. The molecule has 0 unspecified atom stereocenters. The fraction of sp³-hybridized carbons (Fsp3) is 0.393. The average molecular weight is 472 g/mol. The van der Waals surface area contributed by atoms with Gasteiger partial charge >= 0.3 is 0 Å². The molecule has 7 heteroatoms. The molecular weight excluding hydrogens is 438 g/mol. The Labute approximate surface area is 207 Å². The number of nitrogens with zero attached hydrogens (tertiary/aromatic N) is 4. The van der Waals surface area contributed by atoms with E-state index in [0.29, 0.717) is 23.8 Å². The number of anilines is 3. The Morgan fingerprint density at radius 1 is 0.943 bits per heavy atom. The summed E-state index contributed by atoms with van der Waals surface area (Å²) in [7, 11) is 1.65. The van der Waals surface area contributed by atoms with Crippen LogP contribution in [-0.2, 0) is 13.0 Å². The number of piperazine rings is 1. The maximum absolute atomic E-state index is 13.2. The van der Waals surface area contributed by atoms with Gasteiger partial charge in [-0.15, -0.1) is 0 Å². The molecule has 2 heterocycles. The van der Waals surface area contributed by atoms with Crippen molar-refractivity contribution in [3.63, 3.8) is 0 Å². The fourth-order valence-corrected chi connectivity index (χ4v) is 4.94. The van der Waals surface area contributed by atoms with Crippen molar-refractivity contribution in [2.45, 2.75) is 33.2 Å². The Hall–Kier alpha value is -3.45. The van der Waals surface area contributed by atoms with Crippen LogP contribution in [-0.4, -0.2) is 53.9 Å². The summed E-state index contributed by atoms with van der Waals surface area (Å²) in [6, 6.07) is 18.3. The van der Waals surface area contributed by atoms with Crippen LogP contribution >= 0.6 is 0 Å². The molecule has 1 aliphatic carbocycles. The van der Waals surface area contributed by atoms with E-state index < -0.39 is 0 Å². The van der Waals surface area contributed by atoms with Gasteiger partial charge in [0.15, 0.2) is 5.78 Å². The van der Waals surface area contributed by atoms with E-state index in [9.17, 15) is 4.79 Å². The van der Waals surface area contributed by atoms with Crippen molar-refractivity contribution < 1.29 is 9.53 Å². The zero-order valence-electron chi connectivity index (χ0n) is 20.8. The lowest BCUT2D eigenvalue weighted by Crippen LogP contribution is -2.46. The first-order valence-electron chi connectivity index (χ1n) is 12.3. The number of ether oxygens (including phenoxy) is 1. The molecule has 1 saturated heterocycles. The van der Waals surface area contributed by atoms with E-state index in [1.807, 2.05) is 24.3 Å². The highest BCUT2D eigenvalue weighted by Crippen LogP contribution is 2.38. The van der Waals surface area contributed by atoms with Crippen LogP contribution in [0.4, 0.5) is 17.5 Å². The molecule has 0 radical (unpaired) electrons. The number of nitrogens with one attached hydrogen (secondary N) is 1. The number of aromatic nitrogens is 2. The maximum atomic E-state index is 13.2. The molecule has 1 fully saturated rings. The summed E-state index contributed by atoms with van der Waals surface area (Å²) in [6.45, 7) is 8.81. The molecule has 35 heavy (non-hydrogen) atoms. The van der Waals surface area contributed by atoms with Gasteiger partial charge in [0.25, 0.3) is 0 Å². The second-order valence-electron chi connectivity index (χ2n) is 10.2. The summed E-state index contributed by atoms with van der Waals surface area (Å²) in [4.78, 5) is 27.7. The minimum absolute atomic E-state index is 0.103. The van der Waals surface area contributed by atoms with E-state index in [-0.39, 0.29) is 11.2 Å². The van der Waals surface area contributed by atoms with Crippen LogP contribution in [0.1, 0.15) is 41.9 Å². The van der Waals surface area contributed by atoms with Gasteiger partial charge in [-0.1, -0.05) is 44.2 Å². The number of Topliss-reactive ketones (excluding diaryl/α,β-unsaturated/α-hetero) is 1. The van der Waals surface area contributed by atoms with Crippen LogP contribution in [0.25, 0.3) is 0 Å². The van der Waals surface area contributed by atoms with Crippen LogP contribution in [0.15, 0.2) is 54.6 Å². The third kappa shape index (κ3) is 5.30. The molecule has 0 spiro atoms. The molecule has 2 aliphatic rings. The van der Waals surface area contributed by atoms with Gasteiger partial charge in [-0.2, -0.15) is 4.98 Å². The molecule has 1 N–H and O–H groups in total. The molecular formula is C28H33N5O2. The number of ketones is 1. The number of benzene rings is 2. The summed E-state index contributed by atoms with van der Waals surface area (Å²) in [5.41, 5.74) is 3.56. The molecule has 3 aromatic rings. The van der Waals surface area contributed by atoms with E-state index in [1.165, 1.54) is 5.56 Å². The fourth-order valence-electron chi connectivity index (χ4n) is 4.94. The Morgan fingerprint density at radius 3 is 2.34 bits per heavy atom. The zero-order chi connectivity index (χ0) is 24.4. The first-order chi connectivity index (χ1) is 16.9. The van der Waals surface area contributed by atoms with Crippen LogP contribution in [0.3, 0.4) is 0 Å². The lowest BCUT2D eigenvalue weighted by Gasteiger charge is -2.36. The van der Waals surface area contributed by atoms with Crippen LogP contribution in [0.2, 0.25) is 0 Å². The van der Waals surface area contributed by atoms with Crippen LogP contribution in [0, 0.1) is 5.41 Å². The Balaban J connectivity index is 1.40. The van der Waals surface area contributed by atoms with Gasteiger partial charge in [0.2, 0.25) is 5.95 Å². The Bertz CT molecular complexity index is 1190. The van der Waals surface area contributed by atoms with Gasteiger partial charge in [-0.05, 0) is 41.7 Å². The number of carbonyl (C=O) groups excluding carboxylic acids is 1. The molecule has 1 aliphatic heterocycles. The molecule has 7 nitrogen and oxygen atoms in total. The van der Waals surface area contributed by atoms with E-state index >= 15 is 0 Å². The summed E-state index contributed by atoms with van der Waals surface area (Å²) in [6.07, 6.45) is 1.26. The van der Waals surface area contributed by atoms with Crippen molar-refractivity contribution in [3.05, 3.63) is 71.4 Å². The predicted molar refractivity (Wildman–Crippen MR) is 139 cm³/mol. The summed E-state index contributed by atoms with van der Waals surface area (Å²) in [5, 5.41) is 3.40. The van der Waals surface area contributed by atoms with Gasteiger partial charge in [-0.3, -0.25) is 9.69 Å². The van der Waals surface area contributed by atoms with Crippen molar-refractivity contribution in [3.8, 4) is 5.75 Å². The molecule has 1 aromatic heterocycles. The minimum Gasteiger partial charge on any atom is -0.497 e. The number of carbonyl (C=O) groups is 1. The van der Waals surface area contributed by atoms with E-state index in [4.69, 9.17) is 14.7 Å². The van der Waals surface area contributed by atoms with Crippen LogP contribution in [0.5, 0.6) is 5.75 Å². The SMILES string of the molecule is COc1ccc(Nc2nc(N3CCN(Cc4ccccc4)CC3)nc3c2C(=O)CC(C)(C)C3)cc1. The predicted octanol–water partition coefficient (Wildman–Crippen LogP) is 4.71. The normalized spacial score (nSPS) is 17.7. The van der Waals surface area contributed by atoms with Crippen molar-refractivity contribution in [2.24, 2.45) is 5.41 Å². The number of fused-ring (bicyclic) bond motifs is 1. The standard InChI is InChI=1S/C28H33N5O2/c1-28(2)17-23-25(24(34)18-28)26(29-21-9-11-22(35-3)12-10-21)31-27(30-23)33-15-13-32(14-16-33)19-20-7-5-4-6-8-20/h4-12H,13-19H2,1-3H3,(H,29,30,31). The molecule has 5 rings (SSSR count). The lowest BCUT2D eigenvalue weighted by atomic mass is 9.75. The number of hydrogen-bond donors (Lipinski definition) is 1. The highest BCUT2D eigenvalue weighted by atomic mass is 16.5. The molecule has 182 valence electrons. The van der Waals surface area contributed by atoms with Crippen molar-refractivity contribution in [2.75, 3.05) is 43.5 Å². The van der Waals surface area contributed by atoms with Crippen molar-refractivity contribution in [1.82, 2.24) is 14.9 Å². The molecule has 0 saturated carbocycles. The maximum Gasteiger partial charge on any atom is 0.227 e. The smallest absolute Gasteiger partial charge is 0.227 e. The van der Waals surface area contributed by atoms with E-state index in [1.54, 1.807) is 7.11 Å². The number of methoxy groups -OCH3 is 1. The zero-order valence-corrected chi connectivity index (χ0v) is 20.8. The first-order valence-corrected chi connectivity index (χ1v) is 12.3. The third-order valence-electron chi connectivity index (χ3n) is 6.79. The quantitative estimate of drug-likeness (QED) is 0.558. The highest BCUT2D eigenvalue weighted by Gasteiger charge is 2.35. The van der Waals surface area contributed by atoms with Gasteiger partial charge in [0.1, 0.15) is 11.6 Å². The Kier molecular flexibility index (Phi) is 6.43. The Morgan fingerprint density at radius 2 is 1.66 bits per heavy atom. The number of hydrogen-bond acceptors (Lipinski definition) is 7. The van der Waals surface area contributed by atoms with Gasteiger partial charge in [0.05, 0.1) is 18.4 Å². The van der Waals surface area contributed by atoms with Gasteiger partial charge < -0.3 is 15.0 Å². The molecule has 2 aromatic carbocycles. The molecule has 0 bridgehead atoms. The lowest BCUT2D eigenvalue weighted by molar-refractivity contribution is 0.0911. The second-order valence-corrected chi connectivity index (χ2v) is 10.2. The minimum atomic E-state index is -0.110. The second kappa shape index (κ2) is 9.66. The van der Waals surface area contributed by atoms with Crippen molar-refractivity contribution in [1.29, 1.82) is 0 Å². The van der Waals surface area contributed by atoms with Gasteiger partial charge in [0, 0.05) is 44.8 Å². The molecule has 0 atom stereocenters. The largest absolute Gasteiger partial charge is 0.497 e. The number of rotatable bonds is 6. The summed E-state index contributed by atoms with van der Waals surface area (Å²) >= 11 is 0. The monoisotopic (exact) mass is 471 g/mol. The summed E-state index contributed by atoms with van der Waals surface area (Å²) < 4.78 is 5.28. The highest BCUT2D eigenvalue weighted by molar-refractivity contribution is 6.03. The van der Waals surface area contributed by atoms with Crippen LogP contribution < -0.4 is 15.0 Å². The first kappa shape index (κ1) is 23.3. The molecule has 0 amide bonds. The topological polar surface area (TPSA) is 70.6 Å². The third-order valence-corrected chi connectivity index (χ3v) is 6.79. The van der Waals surface area contributed by atoms with Gasteiger partial charge in [-0.25, -0.2) is 4.98 Å². The van der Waals surface area contributed by atoms with E-state index in [2.05, 4.69) is 59.3 Å². The van der Waals surface area contributed by atoms with Crippen molar-refractivity contribution >= 4 is 23.2 Å².